The fraction of sp³-hybridized carbons (Fsp3) is 0.400. The van der Waals surface area contributed by atoms with Gasteiger partial charge in [-0.25, -0.2) is 4.79 Å². The number of ether oxygens (including phenoxy) is 1. The summed E-state index contributed by atoms with van der Waals surface area (Å²) in [6, 6.07) is 11.2. The number of furan rings is 1. The van der Waals surface area contributed by atoms with Gasteiger partial charge in [-0.15, -0.1) is 0 Å². The van der Waals surface area contributed by atoms with Gasteiger partial charge in [0.25, 0.3) is 0 Å². The Morgan fingerprint density at radius 1 is 1.12 bits per heavy atom. The standard InChI is InChI=1S/C20H24ClNO4/c1-15(23)22(12-4-7-16-6-3-8-17(21)14-16)13-5-9-18-10-11-19(26-18)20(24)25-2/h3,6,8,10-11,14H,4-5,7,9,12-13H2,1-2H3. The summed E-state index contributed by atoms with van der Waals surface area (Å²) in [6.07, 6.45) is 3.19. The molecule has 0 aliphatic carbocycles. The molecule has 2 rings (SSSR count). The van der Waals surface area contributed by atoms with Crippen molar-refractivity contribution < 1.29 is 18.7 Å². The average Bonchev–Trinajstić information content (AvgIpc) is 3.08. The number of hydrogen-bond acceptors (Lipinski definition) is 4. The van der Waals surface area contributed by atoms with Gasteiger partial charge in [-0.3, -0.25) is 4.79 Å². The third kappa shape index (κ3) is 6.23. The number of methoxy groups -OCH3 is 1. The first-order valence-electron chi connectivity index (χ1n) is 8.66. The minimum absolute atomic E-state index is 0.0609. The van der Waals surface area contributed by atoms with Crippen molar-refractivity contribution in [3.63, 3.8) is 0 Å². The molecule has 0 spiro atoms. The van der Waals surface area contributed by atoms with Crippen LogP contribution in [-0.2, 0) is 22.4 Å². The van der Waals surface area contributed by atoms with E-state index in [2.05, 4.69) is 4.74 Å². The van der Waals surface area contributed by atoms with Crippen LogP contribution in [0.2, 0.25) is 5.02 Å². The fourth-order valence-corrected chi connectivity index (χ4v) is 2.97. The Balaban J connectivity index is 1.76. The van der Waals surface area contributed by atoms with Crippen LogP contribution in [0.5, 0.6) is 0 Å². The van der Waals surface area contributed by atoms with E-state index in [0.29, 0.717) is 25.3 Å². The molecule has 0 bridgehead atoms. The lowest BCUT2D eigenvalue weighted by molar-refractivity contribution is -0.129. The van der Waals surface area contributed by atoms with Gasteiger partial charge in [0.15, 0.2) is 0 Å². The molecule has 1 aromatic carbocycles. The van der Waals surface area contributed by atoms with E-state index in [1.54, 1.807) is 19.1 Å². The molecule has 6 heteroatoms. The van der Waals surface area contributed by atoms with Gasteiger partial charge >= 0.3 is 5.97 Å². The van der Waals surface area contributed by atoms with Gasteiger partial charge in [-0.05, 0) is 49.1 Å². The van der Waals surface area contributed by atoms with Crippen molar-refractivity contribution >= 4 is 23.5 Å². The molecule has 5 nitrogen and oxygen atoms in total. The molecule has 0 aliphatic heterocycles. The monoisotopic (exact) mass is 377 g/mol. The van der Waals surface area contributed by atoms with Crippen molar-refractivity contribution in [3.8, 4) is 0 Å². The molecule has 1 aromatic heterocycles. The Hall–Kier alpha value is -2.27. The summed E-state index contributed by atoms with van der Waals surface area (Å²) in [5, 5.41) is 0.732. The second-order valence-electron chi connectivity index (χ2n) is 6.10. The van der Waals surface area contributed by atoms with Crippen molar-refractivity contribution in [2.75, 3.05) is 20.2 Å². The Kier molecular flexibility index (Phi) is 7.73. The van der Waals surface area contributed by atoms with E-state index in [4.69, 9.17) is 16.0 Å². The van der Waals surface area contributed by atoms with Gasteiger partial charge < -0.3 is 14.1 Å². The Morgan fingerprint density at radius 2 is 1.85 bits per heavy atom. The normalized spacial score (nSPS) is 10.6. The molecule has 1 heterocycles. The first-order valence-corrected chi connectivity index (χ1v) is 9.04. The largest absolute Gasteiger partial charge is 0.463 e. The topological polar surface area (TPSA) is 59.8 Å². The molecule has 0 N–H and O–H groups in total. The van der Waals surface area contributed by atoms with E-state index >= 15 is 0 Å². The smallest absolute Gasteiger partial charge is 0.373 e. The molecule has 2 aromatic rings. The zero-order chi connectivity index (χ0) is 18.9. The summed E-state index contributed by atoms with van der Waals surface area (Å²) in [7, 11) is 1.32. The number of nitrogens with zero attached hydrogens (tertiary/aromatic N) is 1. The molecule has 0 saturated carbocycles. The first-order chi connectivity index (χ1) is 12.5. The number of halogens is 1. The van der Waals surface area contributed by atoms with Crippen LogP contribution in [0.25, 0.3) is 0 Å². The maximum absolute atomic E-state index is 11.8. The van der Waals surface area contributed by atoms with Crippen LogP contribution in [0, 0.1) is 0 Å². The summed E-state index contributed by atoms with van der Waals surface area (Å²) in [6.45, 7) is 2.94. The fourth-order valence-electron chi connectivity index (χ4n) is 2.76. The average molecular weight is 378 g/mol. The molecule has 0 saturated heterocycles. The molecular formula is C20H24ClNO4. The van der Waals surface area contributed by atoms with Gasteiger partial charge in [0.05, 0.1) is 7.11 Å². The Labute approximate surface area is 158 Å². The highest BCUT2D eigenvalue weighted by Crippen LogP contribution is 2.14. The molecule has 140 valence electrons. The van der Waals surface area contributed by atoms with Crippen molar-refractivity contribution in [1.29, 1.82) is 0 Å². The number of carbonyl (C=O) groups excluding carboxylic acids is 2. The number of carbonyl (C=O) groups is 2. The Morgan fingerprint density at radius 3 is 2.50 bits per heavy atom. The van der Waals surface area contributed by atoms with Gasteiger partial charge in [-0.2, -0.15) is 0 Å². The summed E-state index contributed by atoms with van der Waals surface area (Å²) in [4.78, 5) is 25.1. The zero-order valence-corrected chi connectivity index (χ0v) is 15.9. The van der Waals surface area contributed by atoms with Gasteiger partial charge in [0.1, 0.15) is 5.76 Å². The van der Waals surface area contributed by atoms with Crippen molar-refractivity contribution in [2.24, 2.45) is 0 Å². The molecular weight excluding hydrogens is 354 g/mol. The van der Waals surface area contributed by atoms with Crippen molar-refractivity contribution in [2.45, 2.75) is 32.6 Å². The van der Waals surface area contributed by atoms with Crippen LogP contribution in [0.15, 0.2) is 40.8 Å². The molecule has 0 unspecified atom stereocenters. The van der Waals surface area contributed by atoms with Crippen LogP contribution < -0.4 is 0 Å². The van der Waals surface area contributed by atoms with E-state index < -0.39 is 5.97 Å². The third-order valence-corrected chi connectivity index (χ3v) is 4.36. The third-order valence-electron chi connectivity index (χ3n) is 4.13. The van der Waals surface area contributed by atoms with Gasteiger partial charge in [-0.1, -0.05) is 23.7 Å². The molecule has 1 amide bonds. The number of esters is 1. The second kappa shape index (κ2) is 10.0. The summed E-state index contributed by atoms with van der Waals surface area (Å²) >= 11 is 5.99. The number of benzene rings is 1. The number of aryl methyl sites for hydroxylation is 2. The van der Waals surface area contributed by atoms with E-state index in [1.165, 1.54) is 12.7 Å². The van der Waals surface area contributed by atoms with Crippen molar-refractivity contribution in [1.82, 2.24) is 4.90 Å². The first kappa shape index (κ1) is 20.0. The van der Waals surface area contributed by atoms with Crippen molar-refractivity contribution in [3.05, 3.63) is 58.5 Å². The molecule has 0 fully saturated rings. The van der Waals surface area contributed by atoms with Crippen LogP contribution >= 0.6 is 11.6 Å². The van der Waals surface area contributed by atoms with Gasteiger partial charge in [0, 0.05) is 31.5 Å². The van der Waals surface area contributed by atoms with E-state index in [0.717, 1.165) is 24.3 Å². The SMILES string of the molecule is COC(=O)c1ccc(CCCN(CCCc2cccc(Cl)c2)C(C)=O)o1. The van der Waals surface area contributed by atoms with E-state index in [9.17, 15) is 9.59 Å². The predicted molar refractivity (Wildman–Crippen MR) is 100 cm³/mol. The second-order valence-corrected chi connectivity index (χ2v) is 6.54. The van der Waals surface area contributed by atoms with E-state index in [1.807, 2.05) is 29.2 Å². The summed E-state index contributed by atoms with van der Waals surface area (Å²) in [5.41, 5.74) is 1.17. The minimum atomic E-state index is -0.484. The van der Waals surface area contributed by atoms with Gasteiger partial charge in [0.2, 0.25) is 11.7 Å². The summed E-state index contributed by atoms with van der Waals surface area (Å²) < 4.78 is 10.1. The van der Waals surface area contributed by atoms with Crippen LogP contribution in [0.3, 0.4) is 0 Å². The molecule has 0 radical (unpaired) electrons. The highest BCUT2D eigenvalue weighted by molar-refractivity contribution is 6.30. The summed E-state index contributed by atoms with van der Waals surface area (Å²) in [5.74, 6) is 0.494. The lowest BCUT2D eigenvalue weighted by Crippen LogP contribution is -2.31. The zero-order valence-electron chi connectivity index (χ0n) is 15.2. The highest BCUT2D eigenvalue weighted by Gasteiger charge is 2.12. The number of amides is 1. The minimum Gasteiger partial charge on any atom is -0.463 e. The van der Waals surface area contributed by atoms with Crippen LogP contribution in [0.1, 0.15) is 41.6 Å². The quantitative estimate of drug-likeness (QED) is 0.616. The maximum Gasteiger partial charge on any atom is 0.373 e. The maximum atomic E-state index is 11.8. The number of rotatable bonds is 9. The van der Waals surface area contributed by atoms with E-state index in [-0.39, 0.29) is 11.7 Å². The molecule has 0 aliphatic rings. The Bertz CT molecular complexity index is 741. The lowest BCUT2D eigenvalue weighted by Gasteiger charge is -2.20. The van der Waals surface area contributed by atoms with Crippen LogP contribution in [0.4, 0.5) is 0 Å². The molecule has 26 heavy (non-hydrogen) atoms. The predicted octanol–water partition coefficient (Wildman–Crippen LogP) is 4.13. The van der Waals surface area contributed by atoms with Crippen LogP contribution in [-0.4, -0.2) is 37.0 Å². The number of hydrogen-bond donors (Lipinski definition) is 0. The highest BCUT2D eigenvalue weighted by atomic mass is 35.5. The lowest BCUT2D eigenvalue weighted by atomic mass is 10.1. The molecule has 0 atom stereocenters.